The molecule has 1 unspecified atom stereocenters. The quantitative estimate of drug-likeness (QED) is 0.731. The molecule has 0 radical (unpaired) electrons. The van der Waals surface area contributed by atoms with Crippen molar-refractivity contribution >= 4 is 11.8 Å². The minimum atomic E-state index is -0.895. The minimum absolute atomic E-state index is 0.0530. The maximum Gasteiger partial charge on any atom is 0.306 e. The molecule has 3 nitrogen and oxygen atoms in total. The molecule has 2 rings (SSSR count). The van der Waals surface area contributed by atoms with Gasteiger partial charge in [0.05, 0.1) is 5.92 Å². The standard InChI is InChI=1S/C21H24O3/c1-14(2)12-19(21(23)24)13-20(22)18-10-8-17(9-11-18)16-6-4-15(3)5-7-16/h4-11,14,19H,12-13H2,1-3H3,(H,23,24). The molecule has 0 fully saturated rings. The molecule has 1 N–H and O–H groups in total. The van der Waals surface area contributed by atoms with Crippen LogP contribution >= 0.6 is 0 Å². The van der Waals surface area contributed by atoms with E-state index >= 15 is 0 Å². The largest absolute Gasteiger partial charge is 0.481 e. The summed E-state index contributed by atoms with van der Waals surface area (Å²) < 4.78 is 0. The fourth-order valence-electron chi connectivity index (χ4n) is 2.78. The molecular formula is C21H24O3. The van der Waals surface area contributed by atoms with Gasteiger partial charge in [-0.3, -0.25) is 9.59 Å². The molecule has 1 atom stereocenters. The average Bonchev–Trinajstić information content (AvgIpc) is 2.54. The number of carbonyl (C=O) groups is 2. The zero-order valence-corrected chi connectivity index (χ0v) is 14.5. The van der Waals surface area contributed by atoms with Gasteiger partial charge in [-0.1, -0.05) is 67.9 Å². The maximum absolute atomic E-state index is 12.4. The van der Waals surface area contributed by atoms with Crippen LogP contribution in [0.25, 0.3) is 11.1 Å². The van der Waals surface area contributed by atoms with Crippen molar-refractivity contribution in [2.45, 2.75) is 33.6 Å². The van der Waals surface area contributed by atoms with Crippen molar-refractivity contribution in [2.75, 3.05) is 0 Å². The minimum Gasteiger partial charge on any atom is -0.481 e. The van der Waals surface area contributed by atoms with Gasteiger partial charge in [-0.2, -0.15) is 0 Å². The number of rotatable bonds is 7. The van der Waals surface area contributed by atoms with Crippen molar-refractivity contribution in [3.8, 4) is 11.1 Å². The lowest BCUT2D eigenvalue weighted by molar-refractivity contribution is -0.142. The number of carboxylic acids is 1. The third kappa shape index (κ3) is 4.79. The first-order chi connectivity index (χ1) is 11.4. The Balaban J connectivity index is 2.10. The molecule has 0 amide bonds. The third-order valence-electron chi connectivity index (χ3n) is 4.13. The van der Waals surface area contributed by atoms with Gasteiger partial charge >= 0.3 is 5.97 Å². The number of hydrogen-bond donors (Lipinski definition) is 1. The van der Waals surface area contributed by atoms with E-state index in [4.69, 9.17) is 0 Å². The number of ketones is 1. The summed E-state index contributed by atoms with van der Waals surface area (Å²) in [6.07, 6.45) is 0.569. The topological polar surface area (TPSA) is 54.4 Å². The molecule has 0 aromatic heterocycles. The van der Waals surface area contributed by atoms with Gasteiger partial charge in [0.2, 0.25) is 0 Å². The Morgan fingerprint density at radius 1 is 0.917 bits per heavy atom. The summed E-state index contributed by atoms with van der Waals surface area (Å²) in [6, 6.07) is 15.6. The van der Waals surface area contributed by atoms with E-state index < -0.39 is 11.9 Å². The van der Waals surface area contributed by atoms with Crippen molar-refractivity contribution < 1.29 is 14.7 Å². The predicted molar refractivity (Wildman–Crippen MR) is 96.1 cm³/mol. The van der Waals surface area contributed by atoms with Crippen molar-refractivity contribution in [3.63, 3.8) is 0 Å². The first kappa shape index (κ1) is 17.9. The number of benzene rings is 2. The van der Waals surface area contributed by atoms with Crippen LogP contribution in [0, 0.1) is 18.8 Å². The molecule has 0 spiro atoms. The number of carboxylic acid groups (broad SMARTS) is 1. The van der Waals surface area contributed by atoms with Crippen LogP contribution in [-0.4, -0.2) is 16.9 Å². The van der Waals surface area contributed by atoms with Gasteiger partial charge < -0.3 is 5.11 Å². The number of Topliss-reactive ketones (excluding diaryl/α,β-unsaturated/α-hetero) is 1. The number of aryl methyl sites for hydroxylation is 1. The highest BCUT2D eigenvalue weighted by Crippen LogP contribution is 2.22. The summed E-state index contributed by atoms with van der Waals surface area (Å²) in [5, 5.41) is 9.28. The van der Waals surface area contributed by atoms with E-state index in [0.717, 1.165) is 11.1 Å². The lowest BCUT2D eigenvalue weighted by Crippen LogP contribution is -2.20. The molecule has 0 saturated carbocycles. The van der Waals surface area contributed by atoms with Crippen molar-refractivity contribution in [2.24, 2.45) is 11.8 Å². The fourth-order valence-corrected chi connectivity index (χ4v) is 2.78. The number of carbonyl (C=O) groups excluding carboxylic acids is 1. The molecule has 24 heavy (non-hydrogen) atoms. The Bertz CT molecular complexity index is 697. The van der Waals surface area contributed by atoms with Crippen LogP contribution in [-0.2, 0) is 4.79 Å². The Morgan fingerprint density at radius 2 is 1.42 bits per heavy atom. The van der Waals surface area contributed by atoms with Crippen molar-refractivity contribution in [3.05, 3.63) is 59.7 Å². The van der Waals surface area contributed by atoms with E-state index in [1.165, 1.54) is 5.56 Å². The maximum atomic E-state index is 12.4. The fraction of sp³-hybridized carbons (Fsp3) is 0.333. The molecule has 0 aliphatic rings. The number of aliphatic carboxylic acids is 1. The zero-order chi connectivity index (χ0) is 17.7. The summed E-state index contributed by atoms with van der Waals surface area (Å²) in [6.45, 7) is 5.98. The summed E-state index contributed by atoms with van der Waals surface area (Å²) in [5.41, 5.74) is 3.92. The second-order valence-electron chi connectivity index (χ2n) is 6.74. The Hall–Kier alpha value is -2.42. The van der Waals surface area contributed by atoms with Gasteiger partial charge in [-0.15, -0.1) is 0 Å². The van der Waals surface area contributed by atoms with Gasteiger partial charge in [-0.25, -0.2) is 0 Å². The van der Waals surface area contributed by atoms with Crippen LogP contribution < -0.4 is 0 Å². The molecular weight excluding hydrogens is 300 g/mol. The van der Waals surface area contributed by atoms with E-state index in [-0.39, 0.29) is 18.1 Å². The molecule has 0 aliphatic heterocycles. The third-order valence-corrected chi connectivity index (χ3v) is 4.13. The second kappa shape index (κ2) is 7.91. The van der Waals surface area contributed by atoms with E-state index in [1.807, 2.05) is 32.9 Å². The Labute approximate surface area is 143 Å². The lowest BCUT2D eigenvalue weighted by atomic mass is 9.90. The summed E-state index contributed by atoms with van der Waals surface area (Å²) in [4.78, 5) is 23.7. The van der Waals surface area contributed by atoms with E-state index in [2.05, 4.69) is 24.3 Å². The zero-order valence-electron chi connectivity index (χ0n) is 14.5. The first-order valence-corrected chi connectivity index (χ1v) is 8.30. The molecule has 0 saturated heterocycles. The summed E-state index contributed by atoms with van der Waals surface area (Å²) in [7, 11) is 0. The lowest BCUT2D eigenvalue weighted by Gasteiger charge is -2.14. The summed E-state index contributed by atoms with van der Waals surface area (Å²) >= 11 is 0. The SMILES string of the molecule is Cc1ccc(-c2ccc(C(=O)CC(CC(C)C)C(=O)O)cc2)cc1. The van der Waals surface area contributed by atoms with Crippen molar-refractivity contribution in [1.82, 2.24) is 0 Å². The van der Waals surface area contributed by atoms with E-state index in [0.29, 0.717) is 12.0 Å². The van der Waals surface area contributed by atoms with Crippen LogP contribution in [0.4, 0.5) is 0 Å². The van der Waals surface area contributed by atoms with Gasteiger partial charge in [0.25, 0.3) is 0 Å². The van der Waals surface area contributed by atoms with Gasteiger partial charge in [-0.05, 0) is 30.4 Å². The number of hydrogen-bond acceptors (Lipinski definition) is 2. The summed E-state index contributed by atoms with van der Waals surface area (Å²) in [5.74, 6) is -1.37. The highest BCUT2D eigenvalue weighted by Gasteiger charge is 2.22. The highest BCUT2D eigenvalue weighted by atomic mass is 16.4. The van der Waals surface area contributed by atoms with Gasteiger partial charge in [0.1, 0.15) is 0 Å². The molecule has 3 heteroatoms. The normalized spacial score (nSPS) is 12.2. The molecule has 2 aromatic carbocycles. The highest BCUT2D eigenvalue weighted by molar-refractivity contribution is 5.98. The van der Waals surface area contributed by atoms with E-state index in [1.54, 1.807) is 12.1 Å². The smallest absolute Gasteiger partial charge is 0.306 e. The molecule has 0 aliphatic carbocycles. The van der Waals surface area contributed by atoms with Crippen LogP contribution in [0.5, 0.6) is 0 Å². The second-order valence-corrected chi connectivity index (χ2v) is 6.74. The van der Waals surface area contributed by atoms with Crippen LogP contribution in [0.1, 0.15) is 42.6 Å². The van der Waals surface area contributed by atoms with Crippen LogP contribution in [0.2, 0.25) is 0 Å². The average molecular weight is 324 g/mol. The molecule has 0 heterocycles. The predicted octanol–water partition coefficient (Wildman–Crippen LogP) is 4.98. The van der Waals surface area contributed by atoms with Gasteiger partial charge in [0.15, 0.2) is 5.78 Å². The van der Waals surface area contributed by atoms with E-state index in [9.17, 15) is 14.7 Å². The van der Waals surface area contributed by atoms with Crippen LogP contribution in [0.3, 0.4) is 0 Å². The Morgan fingerprint density at radius 3 is 1.88 bits per heavy atom. The van der Waals surface area contributed by atoms with Crippen molar-refractivity contribution in [1.29, 1.82) is 0 Å². The Kier molecular flexibility index (Phi) is 5.91. The molecule has 2 aromatic rings. The first-order valence-electron chi connectivity index (χ1n) is 8.30. The monoisotopic (exact) mass is 324 g/mol. The molecule has 0 bridgehead atoms. The molecule has 126 valence electrons. The van der Waals surface area contributed by atoms with Crippen LogP contribution in [0.15, 0.2) is 48.5 Å². The van der Waals surface area contributed by atoms with Gasteiger partial charge in [0, 0.05) is 12.0 Å².